The lowest BCUT2D eigenvalue weighted by molar-refractivity contribution is -0.382. The Balaban J connectivity index is 1.66. The van der Waals surface area contributed by atoms with Crippen molar-refractivity contribution in [3.63, 3.8) is 0 Å². The summed E-state index contributed by atoms with van der Waals surface area (Å²) in [6.07, 6.45) is 0. The van der Waals surface area contributed by atoms with Crippen molar-refractivity contribution in [2.24, 2.45) is 0 Å². The summed E-state index contributed by atoms with van der Waals surface area (Å²) in [5.74, 6) is 0. The van der Waals surface area contributed by atoms with Crippen LogP contribution in [0.2, 0.25) is 0 Å². The highest BCUT2D eigenvalue weighted by Crippen LogP contribution is 2.07. The molecule has 0 aromatic heterocycles. The second-order valence-corrected chi connectivity index (χ2v) is 4.34. The standard InChI is InChI=1S/C16H18O5/c17-15(19-11-13-7-3-1-4-8-13)21-16(18)20-12-14-9-5-2-6-10-14/h1-10,15-18H,11-12H2. The summed E-state index contributed by atoms with van der Waals surface area (Å²) in [5, 5.41) is 19.0. The van der Waals surface area contributed by atoms with Crippen LogP contribution in [-0.4, -0.2) is 23.2 Å². The fourth-order valence-corrected chi connectivity index (χ4v) is 1.66. The molecule has 0 aliphatic rings. The molecule has 2 unspecified atom stereocenters. The molecule has 0 fully saturated rings. The monoisotopic (exact) mass is 290 g/mol. The van der Waals surface area contributed by atoms with E-state index in [4.69, 9.17) is 14.2 Å². The van der Waals surface area contributed by atoms with Gasteiger partial charge in [-0.1, -0.05) is 60.7 Å². The lowest BCUT2D eigenvalue weighted by atomic mass is 10.2. The van der Waals surface area contributed by atoms with Crippen LogP contribution in [0.3, 0.4) is 0 Å². The van der Waals surface area contributed by atoms with Gasteiger partial charge in [-0.3, -0.25) is 4.74 Å². The molecule has 5 heteroatoms. The van der Waals surface area contributed by atoms with E-state index in [0.29, 0.717) is 0 Å². The molecule has 2 aromatic carbocycles. The number of aliphatic hydroxyl groups is 2. The first kappa shape index (κ1) is 15.6. The first-order valence-electron chi connectivity index (χ1n) is 6.57. The quantitative estimate of drug-likeness (QED) is 0.728. The van der Waals surface area contributed by atoms with E-state index in [2.05, 4.69) is 0 Å². The van der Waals surface area contributed by atoms with Gasteiger partial charge in [-0.15, -0.1) is 0 Å². The third-order valence-electron chi connectivity index (χ3n) is 2.70. The summed E-state index contributed by atoms with van der Waals surface area (Å²) in [6.45, 7) is -2.77. The Labute approximate surface area is 123 Å². The predicted octanol–water partition coefficient (Wildman–Crippen LogP) is 1.99. The predicted molar refractivity (Wildman–Crippen MR) is 75.6 cm³/mol. The molecule has 5 nitrogen and oxygen atoms in total. The van der Waals surface area contributed by atoms with Crippen LogP contribution in [0.4, 0.5) is 0 Å². The third kappa shape index (κ3) is 6.03. The second kappa shape index (κ2) is 8.51. The summed E-state index contributed by atoms with van der Waals surface area (Å²) in [5.41, 5.74) is 1.78. The maximum atomic E-state index is 9.49. The largest absolute Gasteiger partial charge is 0.346 e. The minimum absolute atomic E-state index is 0.174. The fraction of sp³-hybridized carbons (Fsp3) is 0.250. The van der Waals surface area contributed by atoms with Crippen LogP contribution in [0.25, 0.3) is 0 Å². The molecule has 2 aromatic rings. The zero-order chi connectivity index (χ0) is 14.9. The number of benzene rings is 2. The van der Waals surface area contributed by atoms with Crippen LogP contribution in [0.1, 0.15) is 11.1 Å². The lowest BCUT2D eigenvalue weighted by Gasteiger charge is -2.17. The Morgan fingerprint density at radius 3 is 1.43 bits per heavy atom. The van der Waals surface area contributed by atoms with E-state index in [9.17, 15) is 10.2 Å². The van der Waals surface area contributed by atoms with Gasteiger partial charge >= 0.3 is 0 Å². The molecular weight excluding hydrogens is 272 g/mol. The van der Waals surface area contributed by atoms with Crippen molar-refractivity contribution < 1.29 is 24.4 Å². The van der Waals surface area contributed by atoms with Crippen LogP contribution in [0, 0.1) is 0 Å². The van der Waals surface area contributed by atoms with Crippen molar-refractivity contribution in [2.75, 3.05) is 0 Å². The van der Waals surface area contributed by atoms with Gasteiger partial charge in [-0.05, 0) is 11.1 Å². The molecule has 2 rings (SSSR count). The Morgan fingerprint density at radius 1 is 0.667 bits per heavy atom. The van der Waals surface area contributed by atoms with Crippen molar-refractivity contribution in [3.8, 4) is 0 Å². The minimum Gasteiger partial charge on any atom is -0.346 e. The van der Waals surface area contributed by atoms with Crippen molar-refractivity contribution >= 4 is 0 Å². The zero-order valence-electron chi connectivity index (χ0n) is 11.5. The topological polar surface area (TPSA) is 68.2 Å². The molecule has 0 saturated heterocycles. The van der Waals surface area contributed by atoms with Crippen molar-refractivity contribution in [3.05, 3.63) is 71.8 Å². The van der Waals surface area contributed by atoms with Gasteiger partial charge in [0.1, 0.15) is 0 Å². The maximum absolute atomic E-state index is 9.49. The Bertz CT molecular complexity index is 455. The summed E-state index contributed by atoms with van der Waals surface area (Å²) >= 11 is 0. The van der Waals surface area contributed by atoms with E-state index >= 15 is 0 Å². The van der Waals surface area contributed by atoms with E-state index < -0.39 is 13.0 Å². The average Bonchev–Trinajstić information content (AvgIpc) is 2.53. The summed E-state index contributed by atoms with van der Waals surface area (Å²) < 4.78 is 14.8. The summed E-state index contributed by atoms with van der Waals surface area (Å²) in [4.78, 5) is 0. The van der Waals surface area contributed by atoms with Gasteiger partial charge in [0.05, 0.1) is 13.2 Å². The van der Waals surface area contributed by atoms with Crippen LogP contribution < -0.4 is 0 Å². The molecule has 0 aliphatic heterocycles. The molecule has 21 heavy (non-hydrogen) atoms. The van der Waals surface area contributed by atoms with Crippen LogP contribution in [0.15, 0.2) is 60.7 Å². The van der Waals surface area contributed by atoms with Gasteiger partial charge in [0.25, 0.3) is 13.0 Å². The van der Waals surface area contributed by atoms with Crippen LogP contribution >= 0.6 is 0 Å². The molecule has 0 amide bonds. The molecule has 0 bridgehead atoms. The summed E-state index contributed by atoms with van der Waals surface area (Å²) in [6, 6.07) is 18.7. The molecule has 0 radical (unpaired) electrons. The smallest absolute Gasteiger partial charge is 0.273 e. The van der Waals surface area contributed by atoms with Crippen molar-refractivity contribution in [1.82, 2.24) is 0 Å². The van der Waals surface area contributed by atoms with E-state index in [1.54, 1.807) is 0 Å². The molecule has 2 N–H and O–H groups in total. The van der Waals surface area contributed by atoms with Gasteiger partial charge in [-0.25, -0.2) is 0 Å². The van der Waals surface area contributed by atoms with Gasteiger partial charge in [-0.2, -0.15) is 0 Å². The molecule has 112 valence electrons. The third-order valence-corrected chi connectivity index (χ3v) is 2.70. The fourth-order valence-electron chi connectivity index (χ4n) is 1.66. The Hall–Kier alpha value is -1.76. The first-order chi connectivity index (χ1) is 10.2. The van der Waals surface area contributed by atoms with Gasteiger partial charge in [0.2, 0.25) is 0 Å². The first-order valence-corrected chi connectivity index (χ1v) is 6.57. The van der Waals surface area contributed by atoms with E-state index in [1.807, 2.05) is 60.7 Å². The van der Waals surface area contributed by atoms with Gasteiger partial charge in [0.15, 0.2) is 0 Å². The average molecular weight is 290 g/mol. The zero-order valence-corrected chi connectivity index (χ0v) is 11.5. The van der Waals surface area contributed by atoms with E-state index in [0.717, 1.165) is 11.1 Å². The van der Waals surface area contributed by atoms with Crippen LogP contribution in [-0.2, 0) is 27.4 Å². The van der Waals surface area contributed by atoms with Gasteiger partial charge in [0, 0.05) is 0 Å². The second-order valence-electron chi connectivity index (χ2n) is 4.34. The number of rotatable bonds is 8. The Kier molecular flexibility index (Phi) is 6.33. The molecular formula is C16H18O5. The highest BCUT2D eigenvalue weighted by molar-refractivity contribution is 5.14. The highest BCUT2D eigenvalue weighted by atomic mass is 16.9. The van der Waals surface area contributed by atoms with Gasteiger partial charge < -0.3 is 19.7 Å². The molecule has 0 spiro atoms. The SMILES string of the molecule is OC(OCc1ccccc1)OC(O)OCc1ccccc1. The number of aliphatic hydroxyl groups excluding tert-OH is 2. The van der Waals surface area contributed by atoms with Crippen molar-refractivity contribution in [1.29, 1.82) is 0 Å². The molecule has 0 saturated carbocycles. The highest BCUT2D eigenvalue weighted by Gasteiger charge is 2.12. The van der Waals surface area contributed by atoms with Crippen molar-refractivity contribution in [2.45, 2.75) is 26.2 Å². The van der Waals surface area contributed by atoms with Crippen LogP contribution in [0.5, 0.6) is 0 Å². The molecule has 2 atom stereocenters. The Morgan fingerprint density at radius 2 is 1.05 bits per heavy atom. The molecule has 0 aliphatic carbocycles. The lowest BCUT2D eigenvalue weighted by Crippen LogP contribution is -2.26. The number of ether oxygens (including phenoxy) is 3. The van der Waals surface area contributed by atoms with E-state index in [1.165, 1.54) is 0 Å². The maximum Gasteiger partial charge on any atom is 0.273 e. The normalized spacial score (nSPS) is 13.8. The molecule has 0 heterocycles. The van der Waals surface area contributed by atoms with E-state index in [-0.39, 0.29) is 13.2 Å². The minimum atomic E-state index is -1.56. The summed E-state index contributed by atoms with van der Waals surface area (Å²) in [7, 11) is 0. The number of hydrogen-bond acceptors (Lipinski definition) is 5. The number of hydrogen-bond donors (Lipinski definition) is 2.